The van der Waals surface area contributed by atoms with E-state index in [0.717, 1.165) is 25.4 Å². The van der Waals surface area contributed by atoms with E-state index in [4.69, 9.17) is 13.9 Å². The predicted octanol–water partition coefficient (Wildman–Crippen LogP) is 1.47. The number of carbonyl (C=O) groups is 2. The van der Waals surface area contributed by atoms with Gasteiger partial charge in [0.1, 0.15) is 23.9 Å². The van der Waals surface area contributed by atoms with Crippen molar-refractivity contribution >= 4 is 37.5 Å². The summed E-state index contributed by atoms with van der Waals surface area (Å²) in [5.41, 5.74) is 0.0388. The van der Waals surface area contributed by atoms with Crippen molar-refractivity contribution in [3.63, 3.8) is 0 Å². The van der Waals surface area contributed by atoms with Gasteiger partial charge < -0.3 is 23.9 Å². The molecule has 1 fully saturated rings. The summed E-state index contributed by atoms with van der Waals surface area (Å²) in [6.07, 6.45) is 8.97. The van der Waals surface area contributed by atoms with Crippen molar-refractivity contribution in [2.45, 2.75) is 38.3 Å². The molecule has 0 spiro atoms. The molecule has 0 aromatic carbocycles. The van der Waals surface area contributed by atoms with Crippen LogP contribution in [0.15, 0.2) is 51.6 Å². The molecule has 1 aromatic heterocycles. The summed E-state index contributed by atoms with van der Waals surface area (Å²) in [6.45, 7) is -1.15. The highest BCUT2D eigenvalue weighted by molar-refractivity contribution is 7.90. The number of aliphatic hydroxyl groups excluding tert-OH is 1. The maximum Gasteiger partial charge on any atom is 0.433 e. The Balaban J connectivity index is 2.09. The molecule has 1 N–H and O–H groups in total. The fraction of sp³-hybridized carbons (Fsp3) is 0.538. The molecule has 1 aromatic rings. The van der Waals surface area contributed by atoms with Gasteiger partial charge in [-0.3, -0.25) is 10.1 Å². The lowest BCUT2D eigenvalue weighted by molar-refractivity contribution is -0.402. The molecule has 1 atom stereocenters. The summed E-state index contributed by atoms with van der Waals surface area (Å²) < 4.78 is 62.1. The standard InChI is InChI=1S/C26H34N2O12S2/c1-41(34,35)12-10-38-25(30)21-14-18(4-3-9-29)15-23(19-5-6-19)27(16-20-7-8-24(40-20)28(32)33)17-22(21)26(31)39-11-13-42(2,36)37/h7-8,14-15,17,19,23,29H,3-6,9-13,16H2,1-2H3. The lowest BCUT2D eigenvalue weighted by Gasteiger charge is -2.31. The number of rotatable bonds is 15. The molecule has 2 aliphatic rings. The molecule has 0 radical (unpaired) electrons. The van der Waals surface area contributed by atoms with Gasteiger partial charge in [0.25, 0.3) is 0 Å². The highest BCUT2D eigenvalue weighted by atomic mass is 32.2. The lowest BCUT2D eigenvalue weighted by Crippen LogP contribution is -2.34. The van der Waals surface area contributed by atoms with Crippen molar-refractivity contribution < 1.29 is 50.3 Å². The zero-order valence-electron chi connectivity index (χ0n) is 23.3. The number of furan rings is 1. The van der Waals surface area contributed by atoms with Crippen molar-refractivity contribution in [1.29, 1.82) is 0 Å². The van der Waals surface area contributed by atoms with Crippen LogP contribution in [-0.2, 0) is 45.3 Å². The molecule has 1 saturated carbocycles. The van der Waals surface area contributed by atoms with Gasteiger partial charge in [-0.1, -0.05) is 6.08 Å². The van der Waals surface area contributed by atoms with Crippen molar-refractivity contribution in [1.82, 2.24) is 4.90 Å². The van der Waals surface area contributed by atoms with E-state index in [9.17, 15) is 41.6 Å². The Hall–Kier alpha value is -3.50. The summed E-state index contributed by atoms with van der Waals surface area (Å²) in [4.78, 5) is 38.8. The van der Waals surface area contributed by atoms with Gasteiger partial charge >= 0.3 is 17.8 Å². The number of ether oxygens (including phenoxy) is 2. The van der Waals surface area contributed by atoms with E-state index in [1.54, 1.807) is 4.90 Å². The van der Waals surface area contributed by atoms with E-state index in [-0.39, 0.29) is 42.0 Å². The topological polar surface area (TPSA) is 201 Å². The van der Waals surface area contributed by atoms with E-state index < -0.39 is 67.1 Å². The number of allylic oxidation sites excluding steroid dienone is 2. The minimum atomic E-state index is -3.48. The SMILES string of the molecule is CS(=O)(=O)CCOC(=O)C1=CC(CCCO)=CC(C2CC2)N(Cc2ccc([N+](=O)[O-])o2)C=C1C(=O)OCCS(C)(=O)=O. The summed E-state index contributed by atoms with van der Waals surface area (Å²) in [7, 11) is -6.94. The van der Waals surface area contributed by atoms with Gasteiger partial charge in [0.05, 0.1) is 41.3 Å². The third-order valence-electron chi connectivity index (χ3n) is 6.39. The third kappa shape index (κ3) is 10.4. The zero-order chi connectivity index (χ0) is 31.1. The number of carbonyl (C=O) groups excluding carboxylic acids is 2. The molecule has 1 aliphatic carbocycles. The van der Waals surface area contributed by atoms with Crippen LogP contribution in [0.25, 0.3) is 0 Å². The van der Waals surface area contributed by atoms with Crippen LogP contribution in [0.4, 0.5) is 5.88 Å². The largest absolute Gasteiger partial charge is 0.461 e. The third-order valence-corrected chi connectivity index (χ3v) is 8.21. The van der Waals surface area contributed by atoms with Crippen molar-refractivity contribution in [2.75, 3.05) is 43.8 Å². The fourth-order valence-electron chi connectivity index (χ4n) is 4.17. The summed E-state index contributed by atoms with van der Waals surface area (Å²) in [5.74, 6) is -3.08. The van der Waals surface area contributed by atoms with Gasteiger partial charge in [0.2, 0.25) is 0 Å². The molecule has 232 valence electrons. The number of esters is 2. The number of aliphatic hydroxyl groups is 1. The first kappa shape index (κ1) is 33.0. The van der Waals surface area contributed by atoms with E-state index in [2.05, 4.69) is 0 Å². The van der Waals surface area contributed by atoms with Crippen molar-refractivity contribution in [3.8, 4) is 0 Å². The van der Waals surface area contributed by atoms with Crippen LogP contribution < -0.4 is 0 Å². The van der Waals surface area contributed by atoms with E-state index in [0.29, 0.717) is 18.4 Å². The van der Waals surface area contributed by atoms with Crippen LogP contribution in [0.5, 0.6) is 0 Å². The number of nitro groups is 1. The van der Waals surface area contributed by atoms with E-state index in [1.165, 1.54) is 24.4 Å². The Bertz CT molecular complexity index is 1480. The number of sulfone groups is 2. The molecular weight excluding hydrogens is 596 g/mol. The van der Waals surface area contributed by atoms with Gasteiger partial charge in [0, 0.05) is 25.3 Å². The second-order valence-electron chi connectivity index (χ2n) is 10.2. The molecule has 0 amide bonds. The molecule has 1 aliphatic heterocycles. The van der Waals surface area contributed by atoms with Crippen LogP contribution in [0.1, 0.15) is 31.4 Å². The average molecular weight is 631 g/mol. The first-order valence-electron chi connectivity index (χ1n) is 13.1. The van der Waals surface area contributed by atoms with Crippen LogP contribution in [-0.4, -0.2) is 93.6 Å². The number of hydrogen-bond acceptors (Lipinski definition) is 13. The second kappa shape index (κ2) is 14.1. The van der Waals surface area contributed by atoms with Crippen molar-refractivity contribution in [3.05, 3.63) is 63.1 Å². The van der Waals surface area contributed by atoms with Crippen LogP contribution in [0.2, 0.25) is 0 Å². The maximum atomic E-state index is 13.4. The Morgan fingerprint density at radius 1 is 1.05 bits per heavy atom. The minimum Gasteiger partial charge on any atom is -0.461 e. The van der Waals surface area contributed by atoms with Crippen LogP contribution in [0, 0.1) is 16.0 Å². The van der Waals surface area contributed by atoms with E-state index >= 15 is 0 Å². The molecule has 16 heteroatoms. The van der Waals surface area contributed by atoms with E-state index in [1.807, 2.05) is 6.08 Å². The monoisotopic (exact) mass is 630 g/mol. The zero-order valence-corrected chi connectivity index (χ0v) is 24.9. The number of hydrogen-bond donors (Lipinski definition) is 1. The second-order valence-corrected chi connectivity index (χ2v) is 14.7. The molecule has 0 bridgehead atoms. The molecule has 14 nitrogen and oxygen atoms in total. The molecule has 2 heterocycles. The lowest BCUT2D eigenvalue weighted by atomic mass is 9.95. The Morgan fingerprint density at radius 2 is 1.64 bits per heavy atom. The van der Waals surface area contributed by atoms with Crippen LogP contribution in [0.3, 0.4) is 0 Å². The first-order chi connectivity index (χ1) is 19.7. The fourth-order valence-corrected chi connectivity index (χ4v) is 4.94. The first-order valence-corrected chi connectivity index (χ1v) is 17.2. The minimum absolute atomic E-state index is 0.0324. The highest BCUT2D eigenvalue weighted by Crippen LogP contribution is 2.39. The average Bonchev–Trinajstić information content (AvgIpc) is 3.60. The van der Waals surface area contributed by atoms with Gasteiger partial charge in [0.15, 0.2) is 19.7 Å². The quantitative estimate of drug-likeness (QED) is 0.166. The molecular formula is C26H34N2O12S2. The summed E-state index contributed by atoms with van der Waals surface area (Å²) >= 11 is 0. The highest BCUT2D eigenvalue weighted by Gasteiger charge is 2.36. The van der Waals surface area contributed by atoms with Crippen LogP contribution >= 0.6 is 0 Å². The summed E-state index contributed by atoms with van der Waals surface area (Å²) in [6, 6.07) is 2.29. The molecule has 3 rings (SSSR count). The Kier molecular flexibility index (Phi) is 11.1. The molecule has 0 saturated heterocycles. The van der Waals surface area contributed by atoms with Gasteiger partial charge in [-0.15, -0.1) is 0 Å². The summed E-state index contributed by atoms with van der Waals surface area (Å²) in [5, 5.41) is 20.6. The molecule has 1 unspecified atom stereocenters. The number of nitrogens with zero attached hydrogens (tertiary/aromatic N) is 2. The Labute approximate surface area is 243 Å². The maximum absolute atomic E-state index is 13.4. The van der Waals surface area contributed by atoms with Crippen molar-refractivity contribution in [2.24, 2.45) is 5.92 Å². The normalized spacial score (nSPS) is 17.8. The van der Waals surface area contributed by atoms with Gasteiger partial charge in [-0.25, -0.2) is 26.4 Å². The smallest absolute Gasteiger partial charge is 0.433 e. The van der Waals surface area contributed by atoms with Gasteiger partial charge in [-0.2, -0.15) is 0 Å². The molecule has 42 heavy (non-hydrogen) atoms. The van der Waals surface area contributed by atoms with Gasteiger partial charge in [-0.05, 0) is 49.3 Å². The Morgan fingerprint density at radius 3 is 2.14 bits per heavy atom. The predicted molar refractivity (Wildman–Crippen MR) is 149 cm³/mol.